The maximum absolute atomic E-state index is 13.8. The number of nitrogens with one attached hydrogen (secondary N) is 4. The van der Waals surface area contributed by atoms with Gasteiger partial charge in [0, 0.05) is 183 Å². The van der Waals surface area contributed by atoms with Crippen molar-refractivity contribution in [2.45, 2.75) is 119 Å². The van der Waals surface area contributed by atoms with E-state index < -0.39 is 108 Å². The molecule has 0 spiro atoms. The zero-order valence-electron chi connectivity index (χ0n) is 94.2. The van der Waals surface area contributed by atoms with Crippen molar-refractivity contribution in [3.05, 3.63) is 374 Å². The van der Waals surface area contributed by atoms with Crippen LogP contribution in [0.5, 0.6) is 0 Å². The molecule has 21 nitrogen and oxygen atoms in total. The van der Waals surface area contributed by atoms with Crippen molar-refractivity contribution in [1.29, 1.82) is 6.77 Å². The van der Waals surface area contributed by atoms with E-state index in [0.717, 1.165) is 41.9 Å². The quantitative estimate of drug-likeness (QED) is 0.0561. The monoisotopic (exact) mass is 1880 g/mol. The number of fused-ring (bicyclic) bond motifs is 4. The van der Waals surface area contributed by atoms with Crippen LogP contribution in [-0.2, 0) is 0 Å². The smallest absolute Gasteiger partial charge is 0.400 e. The van der Waals surface area contributed by atoms with Gasteiger partial charge in [0.2, 0.25) is 1.43 Å². The van der Waals surface area contributed by atoms with Crippen LogP contribution in [0.1, 0.15) is 245 Å². The van der Waals surface area contributed by atoms with Crippen molar-refractivity contribution in [2.24, 2.45) is 0 Å². The minimum atomic E-state index is -3.00. The van der Waals surface area contributed by atoms with Gasteiger partial charge in [-0.3, -0.25) is 47.9 Å². The Labute approximate surface area is 842 Å². The van der Waals surface area contributed by atoms with Gasteiger partial charge in [0.1, 0.15) is 0 Å². The SMILES string of the molecule is [2H]C1([2H])CC([2H])([2H])C([2H])(O)c2cc(Cl)ccc2N1C(=O)c1ccc(NC(=O)c2ccccc2C)cc1C.[2H]C1([2H])CC([2H])([2H])N(C(=O)c2ccc(NC(=O)c3ccccc3C)cc2C)c2ccc(Cl)cc2C1=O.[2H]C1([2H])CCC(=O)c2cc(Cl)ccc2N1C(=O)c1ccc(NC(=O)c2ccccc2C)cc1C.[2H]C1([2H])CCC(O)c2cc(Cl)ccc2N1C(=O)c1ccc(NC(=O)c2ccccc2C)cc1C.[2H]OC([2H])([2H])[2H].[2H][B-]([2H])([2H])[2H].[Na+]. The van der Waals surface area contributed by atoms with Gasteiger partial charge in [0.25, 0.3) is 47.3 Å². The van der Waals surface area contributed by atoms with Gasteiger partial charge in [-0.2, -0.15) is 0 Å². The summed E-state index contributed by atoms with van der Waals surface area (Å²) in [7, 11) is -5.54. The van der Waals surface area contributed by atoms with E-state index in [0.29, 0.717) is 94.1 Å². The molecule has 16 rings (SSSR count). The summed E-state index contributed by atoms with van der Waals surface area (Å²) in [5.41, 5.74) is 10.7. The van der Waals surface area contributed by atoms with Crippen LogP contribution in [0.15, 0.2) is 243 Å². The summed E-state index contributed by atoms with van der Waals surface area (Å²) < 4.78 is 158. The maximum atomic E-state index is 13.8. The number of hydrogen-bond acceptors (Lipinski definition) is 13. The molecular formula is C105H104BCl4N8NaO13. The molecule has 2 unspecified atom stereocenters. The Morgan fingerprint density at radius 1 is 0.379 bits per heavy atom. The Bertz CT molecular complexity index is 7350. The number of aryl methyl sites for hydroxylation is 8. The molecule has 0 bridgehead atoms. The average molecular weight is 1880 g/mol. The van der Waals surface area contributed by atoms with Crippen molar-refractivity contribution in [3.63, 3.8) is 0 Å². The molecule has 12 aromatic rings. The number of carbonyl (C=O) groups is 10. The van der Waals surface area contributed by atoms with Crippen LogP contribution in [-0.4, -0.2) is 122 Å². The van der Waals surface area contributed by atoms with Gasteiger partial charge in [-0.05, 0) is 308 Å². The van der Waals surface area contributed by atoms with E-state index in [-0.39, 0.29) is 145 Å². The summed E-state index contributed by atoms with van der Waals surface area (Å²) in [6.07, 6.45) is -10.9. The molecule has 0 saturated heterocycles. The Balaban J connectivity index is 0.000000200. The molecule has 8 amide bonds. The average Bonchev–Trinajstić information content (AvgIpc) is 1.59. The predicted octanol–water partition coefficient (Wildman–Crippen LogP) is 18.2. The number of Topliss-reactive ketones (excluding diaryl/α,β-unsaturated/α-hetero) is 2. The third kappa shape index (κ3) is 24.6. The van der Waals surface area contributed by atoms with Crippen molar-refractivity contribution >= 4 is 159 Å². The molecular weight excluding hydrogens is 1760 g/mol. The predicted molar refractivity (Wildman–Crippen MR) is 529 cm³/mol. The molecule has 0 fully saturated rings. The van der Waals surface area contributed by atoms with Crippen molar-refractivity contribution in [1.82, 2.24) is 0 Å². The Morgan fingerprint density at radius 2 is 0.674 bits per heavy atom. The first-order chi connectivity index (χ1) is 70.7. The summed E-state index contributed by atoms with van der Waals surface area (Å²) in [6.45, 7) is 4.91. The van der Waals surface area contributed by atoms with Gasteiger partial charge < -0.3 is 56.2 Å². The number of benzene rings is 12. The topological polar surface area (TPSA) is 292 Å². The van der Waals surface area contributed by atoms with Gasteiger partial charge in [-0.15, -0.1) is 0 Å². The number of aliphatic hydroxyl groups is 3. The van der Waals surface area contributed by atoms with E-state index in [1.54, 1.807) is 143 Å². The second-order valence-electron chi connectivity index (χ2n) is 30.4. The molecule has 4 heterocycles. The molecule has 4 aliphatic heterocycles. The number of carbonyl (C=O) groups excluding carboxylic acids is 10. The molecule has 12 aromatic carbocycles. The van der Waals surface area contributed by atoms with E-state index in [1.807, 2.05) is 76.2 Å². The van der Waals surface area contributed by atoms with E-state index in [9.17, 15) is 58.2 Å². The molecule has 4 aliphatic rings. The first kappa shape index (κ1) is 75.4. The summed E-state index contributed by atoms with van der Waals surface area (Å²) in [5, 5.41) is 36.9. The van der Waals surface area contributed by atoms with Gasteiger partial charge in [0.15, 0.2) is 11.6 Å². The number of hydrogen-bond donors (Lipinski definition) is 7. The van der Waals surface area contributed by atoms with Gasteiger partial charge in [-0.1, -0.05) is 127 Å². The van der Waals surface area contributed by atoms with Crippen LogP contribution in [0, 0.1) is 55.4 Å². The van der Waals surface area contributed by atoms with E-state index in [1.165, 1.54) is 78.9 Å². The van der Waals surface area contributed by atoms with Gasteiger partial charge >= 0.3 is 29.6 Å². The van der Waals surface area contributed by atoms with Crippen molar-refractivity contribution in [2.75, 3.05) is 73.9 Å². The molecule has 0 aliphatic carbocycles. The summed E-state index contributed by atoms with van der Waals surface area (Å²) >= 11 is 24.3. The van der Waals surface area contributed by atoms with Gasteiger partial charge in [0.05, 0.1) is 29.0 Å². The first-order valence-corrected chi connectivity index (χ1v) is 42.3. The van der Waals surface area contributed by atoms with Crippen LogP contribution in [0.4, 0.5) is 45.5 Å². The van der Waals surface area contributed by atoms with Crippen molar-refractivity contribution in [3.8, 4) is 0 Å². The normalized spacial score (nSPS) is 19.4. The summed E-state index contributed by atoms with van der Waals surface area (Å²) in [5.74, 6) is -4.97. The molecule has 2 atom stereocenters. The van der Waals surface area contributed by atoms with Crippen LogP contribution < -0.4 is 70.4 Å². The fourth-order valence-corrected chi connectivity index (χ4v) is 15.5. The fourth-order valence-electron chi connectivity index (χ4n) is 14.8. The van der Waals surface area contributed by atoms with Crippen LogP contribution in [0.2, 0.25) is 20.1 Å². The Hall–Kier alpha value is -12.2. The van der Waals surface area contributed by atoms with Crippen molar-refractivity contribution < 1.29 is 115 Å². The Kier molecular flexibility index (Phi) is 26.7. The minimum Gasteiger partial charge on any atom is -0.400 e. The third-order valence-electron chi connectivity index (χ3n) is 21.5. The van der Waals surface area contributed by atoms with Crippen LogP contribution >= 0.6 is 46.4 Å². The molecule has 674 valence electrons. The molecule has 132 heavy (non-hydrogen) atoms. The van der Waals surface area contributed by atoms with Crippen LogP contribution in [0.25, 0.3) is 0 Å². The maximum Gasteiger partial charge on any atom is 1.00 e. The second kappa shape index (κ2) is 46.8. The molecule has 0 saturated carbocycles. The van der Waals surface area contributed by atoms with Gasteiger partial charge in [-0.25, -0.2) is 5.34 Å². The molecule has 27 heteroatoms. The minimum absolute atomic E-state index is 0. The summed E-state index contributed by atoms with van der Waals surface area (Å²) in [4.78, 5) is 135. The number of nitrogens with zero attached hydrogens (tertiary/aromatic N) is 4. The molecule has 7 N–H and O–H groups in total. The number of ketones is 2. The number of rotatable bonds is 12. The molecule has 0 radical (unpaired) electrons. The summed E-state index contributed by atoms with van der Waals surface area (Å²) in [6, 6.07) is 64.7. The zero-order valence-corrected chi connectivity index (χ0v) is 78.2. The number of amides is 8. The third-order valence-corrected chi connectivity index (χ3v) is 22.4. The van der Waals surface area contributed by atoms with E-state index in [4.69, 9.17) is 75.1 Å². The number of aliphatic hydroxyl groups excluding tert-OH is 1. The molecule has 0 aromatic heterocycles. The second-order valence-corrected chi connectivity index (χ2v) is 32.2. The fraction of sp³-hybridized carbons (Fsp3) is 0.219. The van der Waals surface area contributed by atoms with Crippen LogP contribution in [0.3, 0.4) is 0 Å². The van der Waals surface area contributed by atoms with E-state index >= 15 is 0 Å². The number of anilines is 8. The van der Waals surface area contributed by atoms with E-state index in [2.05, 4.69) is 26.4 Å². The standard InChI is InChI=1S/2C26H25ClN2O3.2C26H23ClN2O3.CH4O.BH4.Na/c4*1-16-6-3-4-7-20(16)25(31)28-19-10-11-21(17(2)14-19)26(32)29-13-5-8-24(30)22-15-18(27)9-12-23(22)29;1-2;;/h2*3-4,6-7,9-12,14-15,24,30H,5,8,13H2,1-2H3,(H,28,31);2*3-4,6-7,9-12,14-15H,5,8,13H2,1-2H3,(H,28,31);2H,1H3;1H4;/q;;;;;-1;+1/i8D2,13D2,24D;13D2;8D2,13D2;13D2;1D3,2D;1D4;. The largest absolute Gasteiger partial charge is 1.00 e. The first-order valence-electron chi connectivity index (χ1n) is 51.5. The number of halogens is 4. The zero-order chi connectivity index (χ0) is 113. The Morgan fingerprint density at radius 3 is 1.02 bits per heavy atom.